The Hall–Kier alpha value is -1.55. The van der Waals surface area contributed by atoms with Gasteiger partial charge < -0.3 is 15.5 Å². The van der Waals surface area contributed by atoms with Crippen molar-refractivity contribution in [2.45, 2.75) is 25.4 Å². The van der Waals surface area contributed by atoms with Crippen molar-refractivity contribution < 1.29 is 4.79 Å². The zero-order valence-electron chi connectivity index (χ0n) is 10.9. The summed E-state index contributed by atoms with van der Waals surface area (Å²) in [6.07, 6.45) is 2.12. The molecule has 0 radical (unpaired) electrons. The van der Waals surface area contributed by atoms with Crippen LogP contribution >= 0.6 is 0 Å². The number of urea groups is 1. The number of benzene rings is 1. The van der Waals surface area contributed by atoms with Crippen molar-refractivity contribution in [1.29, 1.82) is 0 Å². The summed E-state index contributed by atoms with van der Waals surface area (Å²) in [5.74, 6) is 0. The molecule has 1 aliphatic heterocycles. The van der Waals surface area contributed by atoms with Gasteiger partial charge in [-0.25, -0.2) is 4.79 Å². The first-order chi connectivity index (χ1) is 8.66. The van der Waals surface area contributed by atoms with Crippen LogP contribution in [-0.4, -0.2) is 42.0 Å². The maximum Gasteiger partial charge on any atom is 0.315 e. The highest BCUT2D eigenvalue weighted by Crippen LogP contribution is 2.18. The lowest BCUT2D eigenvalue weighted by atomic mass is 10.2. The number of carbonyl (C=O) groups is 1. The van der Waals surface area contributed by atoms with Crippen LogP contribution in [0.4, 0.5) is 4.79 Å². The molecular weight excluding hydrogens is 226 g/mol. The smallest absolute Gasteiger partial charge is 0.315 e. The molecule has 4 nitrogen and oxygen atoms in total. The predicted molar refractivity (Wildman–Crippen MR) is 72.1 cm³/mol. The van der Waals surface area contributed by atoms with E-state index in [-0.39, 0.29) is 12.1 Å². The normalized spacial score (nSPS) is 19.4. The number of hydrogen-bond donors (Lipinski definition) is 1. The summed E-state index contributed by atoms with van der Waals surface area (Å²) >= 11 is 0. The number of nitrogens with zero attached hydrogens (tertiary/aromatic N) is 2. The van der Waals surface area contributed by atoms with Gasteiger partial charge >= 0.3 is 6.03 Å². The second kappa shape index (κ2) is 5.87. The Bertz CT molecular complexity index is 393. The lowest BCUT2D eigenvalue weighted by Crippen LogP contribution is -2.44. The molecule has 0 unspecified atom stereocenters. The molecule has 1 fully saturated rings. The zero-order chi connectivity index (χ0) is 13.0. The van der Waals surface area contributed by atoms with Crippen molar-refractivity contribution in [2.75, 3.05) is 20.1 Å². The molecule has 1 heterocycles. The summed E-state index contributed by atoms with van der Waals surface area (Å²) in [4.78, 5) is 15.3. The fourth-order valence-corrected chi connectivity index (χ4v) is 2.64. The van der Waals surface area contributed by atoms with E-state index in [0.717, 1.165) is 32.5 Å². The highest BCUT2D eigenvalue weighted by Gasteiger charge is 2.27. The second-order valence-electron chi connectivity index (χ2n) is 5.01. The van der Waals surface area contributed by atoms with Gasteiger partial charge in [0.1, 0.15) is 0 Å². The Morgan fingerprint density at radius 1 is 1.44 bits per heavy atom. The Balaban J connectivity index is 1.87. The SMILES string of the molecule is CN(Cc1ccccc1)C[C@@H]1CCCN1C(N)=O. The third-order valence-electron chi connectivity index (χ3n) is 3.48. The van der Waals surface area contributed by atoms with Crippen molar-refractivity contribution >= 4 is 6.03 Å². The summed E-state index contributed by atoms with van der Waals surface area (Å²) < 4.78 is 0. The average Bonchev–Trinajstić information content (AvgIpc) is 2.78. The number of hydrogen-bond acceptors (Lipinski definition) is 2. The third-order valence-corrected chi connectivity index (χ3v) is 3.48. The molecule has 2 amide bonds. The van der Waals surface area contributed by atoms with E-state index in [1.54, 1.807) is 4.90 Å². The molecule has 4 heteroatoms. The largest absolute Gasteiger partial charge is 0.351 e. The molecule has 1 aliphatic rings. The Morgan fingerprint density at radius 2 is 2.17 bits per heavy atom. The van der Waals surface area contributed by atoms with Crippen LogP contribution in [0.5, 0.6) is 0 Å². The molecule has 0 spiro atoms. The van der Waals surface area contributed by atoms with E-state index < -0.39 is 0 Å². The monoisotopic (exact) mass is 247 g/mol. The maximum absolute atomic E-state index is 11.3. The molecule has 1 saturated heterocycles. The molecule has 0 bridgehead atoms. The van der Waals surface area contributed by atoms with E-state index in [4.69, 9.17) is 5.73 Å². The maximum atomic E-state index is 11.3. The predicted octanol–water partition coefficient (Wildman–Crippen LogP) is 1.66. The number of amides is 2. The van der Waals surface area contributed by atoms with Gasteiger partial charge in [0, 0.05) is 25.7 Å². The summed E-state index contributed by atoms with van der Waals surface area (Å²) in [5, 5.41) is 0. The zero-order valence-corrected chi connectivity index (χ0v) is 10.9. The van der Waals surface area contributed by atoms with Gasteiger partial charge in [-0.05, 0) is 25.5 Å². The summed E-state index contributed by atoms with van der Waals surface area (Å²) in [5.41, 5.74) is 6.68. The summed E-state index contributed by atoms with van der Waals surface area (Å²) in [6.45, 7) is 2.60. The van der Waals surface area contributed by atoms with Crippen LogP contribution in [0.3, 0.4) is 0 Å². The van der Waals surface area contributed by atoms with Crippen molar-refractivity contribution in [3.8, 4) is 0 Å². The van der Waals surface area contributed by atoms with E-state index >= 15 is 0 Å². The third kappa shape index (κ3) is 3.23. The molecule has 1 aromatic rings. The topological polar surface area (TPSA) is 49.6 Å². The van der Waals surface area contributed by atoms with E-state index in [1.165, 1.54) is 5.56 Å². The van der Waals surface area contributed by atoms with Gasteiger partial charge in [0.25, 0.3) is 0 Å². The van der Waals surface area contributed by atoms with Crippen LogP contribution in [0.25, 0.3) is 0 Å². The van der Waals surface area contributed by atoms with E-state index in [1.807, 2.05) is 6.07 Å². The van der Waals surface area contributed by atoms with Gasteiger partial charge in [0.05, 0.1) is 0 Å². The lowest BCUT2D eigenvalue weighted by Gasteiger charge is -2.27. The molecule has 1 aromatic carbocycles. The van der Waals surface area contributed by atoms with Crippen molar-refractivity contribution in [2.24, 2.45) is 5.73 Å². The Kier molecular flexibility index (Phi) is 4.20. The van der Waals surface area contributed by atoms with Crippen molar-refractivity contribution in [3.05, 3.63) is 35.9 Å². The molecule has 0 aromatic heterocycles. The van der Waals surface area contributed by atoms with Gasteiger partial charge in [-0.2, -0.15) is 0 Å². The van der Waals surface area contributed by atoms with E-state index in [9.17, 15) is 4.79 Å². The highest BCUT2D eigenvalue weighted by atomic mass is 16.2. The standard InChI is InChI=1S/C14H21N3O/c1-16(10-12-6-3-2-4-7-12)11-13-8-5-9-17(13)14(15)18/h2-4,6-7,13H,5,8-11H2,1H3,(H2,15,18)/t13-/m0/s1. The Labute approximate surface area is 108 Å². The number of rotatable bonds is 4. The van der Waals surface area contributed by atoms with Gasteiger partial charge in [0.2, 0.25) is 0 Å². The van der Waals surface area contributed by atoms with Crippen molar-refractivity contribution in [3.63, 3.8) is 0 Å². The molecule has 2 N–H and O–H groups in total. The van der Waals surface area contributed by atoms with E-state index in [0.29, 0.717) is 0 Å². The first-order valence-corrected chi connectivity index (χ1v) is 6.45. The molecule has 98 valence electrons. The van der Waals surface area contributed by atoms with Gasteiger partial charge in [0.15, 0.2) is 0 Å². The van der Waals surface area contributed by atoms with E-state index in [2.05, 4.69) is 36.2 Å². The van der Waals surface area contributed by atoms with Crippen LogP contribution in [0.15, 0.2) is 30.3 Å². The molecule has 2 rings (SSSR count). The lowest BCUT2D eigenvalue weighted by molar-refractivity contribution is 0.181. The first-order valence-electron chi connectivity index (χ1n) is 6.45. The van der Waals surface area contributed by atoms with Crippen LogP contribution in [0, 0.1) is 0 Å². The number of primary amides is 1. The number of nitrogens with two attached hydrogens (primary N) is 1. The first kappa shape index (κ1) is 12.9. The second-order valence-corrected chi connectivity index (χ2v) is 5.01. The highest BCUT2D eigenvalue weighted by molar-refractivity contribution is 5.72. The van der Waals surface area contributed by atoms with Gasteiger partial charge in [-0.15, -0.1) is 0 Å². The summed E-state index contributed by atoms with van der Waals surface area (Å²) in [6, 6.07) is 10.4. The molecule has 1 atom stereocenters. The fraction of sp³-hybridized carbons (Fsp3) is 0.500. The number of likely N-dealkylation sites (N-methyl/N-ethyl adjacent to an activating group) is 1. The fourth-order valence-electron chi connectivity index (χ4n) is 2.64. The number of likely N-dealkylation sites (tertiary alicyclic amines) is 1. The molecular formula is C14H21N3O. The quantitative estimate of drug-likeness (QED) is 0.879. The minimum atomic E-state index is -0.286. The molecule has 0 saturated carbocycles. The van der Waals surface area contributed by atoms with Crippen LogP contribution in [-0.2, 0) is 6.54 Å². The minimum Gasteiger partial charge on any atom is -0.351 e. The average molecular weight is 247 g/mol. The summed E-state index contributed by atoms with van der Waals surface area (Å²) in [7, 11) is 2.09. The van der Waals surface area contributed by atoms with Crippen molar-refractivity contribution in [1.82, 2.24) is 9.80 Å². The van der Waals surface area contributed by atoms with Gasteiger partial charge in [-0.1, -0.05) is 30.3 Å². The molecule has 0 aliphatic carbocycles. The molecule has 18 heavy (non-hydrogen) atoms. The van der Waals surface area contributed by atoms with Crippen LogP contribution < -0.4 is 5.73 Å². The minimum absolute atomic E-state index is 0.274. The number of carbonyl (C=O) groups excluding carboxylic acids is 1. The van der Waals surface area contributed by atoms with Crippen LogP contribution in [0.1, 0.15) is 18.4 Å². The van der Waals surface area contributed by atoms with Crippen LogP contribution in [0.2, 0.25) is 0 Å². The Morgan fingerprint density at radius 3 is 2.83 bits per heavy atom. The van der Waals surface area contributed by atoms with Gasteiger partial charge in [-0.3, -0.25) is 0 Å².